The first kappa shape index (κ1) is 17.6. The Morgan fingerprint density at radius 1 is 1.08 bits per heavy atom. The Labute approximate surface area is 153 Å². The number of aryl methyl sites for hydroxylation is 1. The van der Waals surface area contributed by atoms with Crippen LogP contribution in [0.2, 0.25) is 0 Å². The lowest BCUT2D eigenvalue weighted by atomic mass is 9.97. The van der Waals surface area contributed by atoms with E-state index in [1.54, 1.807) is 0 Å². The summed E-state index contributed by atoms with van der Waals surface area (Å²) in [6, 6.07) is 0. The number of piperidine rings is 1. The van der Waals surface area contributed by atoms with Crippen molar-refractivity contribution in [3.63, 3.8) is 0 Å². The summed E-state index contributed by atoms with van der Waals surface area (Å²) in [6.45, 7) is 8.92. The second kappa shape index (κ2) is 7.81. The molecule has 0 aliphatic carbocycles. The van der Waals surface area contributed by atoms with E-state index >= 15 is 0 Å². The van der Waals surface area contributed by atoms with Gasteiger partial charge in [0.05, 0.1) is 26.3 Å². The predicted molar refractivity (Wildman–Crippen MR) is 93.4 cm³/mol. The van der Waals surface area contributed by atoms with Crippen LogP contribution in [0.3, 0.4) is 0 Å². The molecule has 2 aromatic heterocycles. The molecule has 9 heteroatoms. The van der Waals surface area contributed by atoms with Crippen molar-refractivity contribution >= 4 is 0 Å². The molecule has 142 valence electrons. The van der Waals surface area contributed by atoms with Gasteiger partial charge in [-0.15, -0.1) is 10.2 Å². The van der Waals surface area contributed by atoms with Crippen molar-refractivity contribution in [1.29, 1.82) is 0 Å². The molecule has 26 heavy (non-hydrogen) atoms. The first-order valence-electron chi connectivity index (χ1n) is 9.39. The monoisotopic (exact) mass is 361 g/mol. The first-order chi connectivity index (χ1) is 12.7. The maximum absolute atomic E-state index is 5.42. The van der Waals surface area contributed by atoms with Gasteiger partial charge in [0.25, 0.3) is 0 Å². The number of likely N-dealkylation sites (tertiary alicyclic amines) is 1. The van der Waals surface area contributed by atoms with Gasteiger partial charge in [0.2, 0.25) is 5.89 Å². The van der Waals surface area contributed by atoms with Crippen molar-refractivity contribution in [2.75, 3.05) is 39.4 Å². The van der Waals surface area contributed by atoms with E-state index in [9.17, 15) is 0 Å². The highest BCUT2D eigenvalue weighted by molar-refractivity contribution is 5.04. The number of ether oxygens (including phenoxy) is 1. The second-order valence-electron chi connectivity index (χ2n) is 7.23. The van der Waals surface area contributed by atoms with Crippen LogP contribution >= 0.6 is 0 Å². The lowest BCUT2D eigenvalue weighted by Crippen LogP contribution is -2.36. The summed E-state index contributed by atoms with van der Waals surface area (Å²) in [7, 11) is 2.09. The van der Waals surface area contributed by atoms with Crippen molar-refractivity contribution in [3.8, 4) is 0 Å². The Bertz CT molecular complexity index is 723. The van der Waals surface area contributed by atoms with Gasteiger partial charge in [-0.05, 0) is 26.3 Å². The highest BCUT2D eigenvalue weighted by Crippen LogP contribution is 2.26. The number of hydrogen-bond donors (Lipinski definition) is 0. The molecule has 0 N–H and O–H groups in total. The number of hydrogen-bond acceptors (Lipinski definition) is 8. The third kappa shape index (κ3) is 3.94. The minimum atomic E-state index is 0.392. The van der Waals surface area contributed by atoms with Gasteiger partial charge in [-0.1, -0.05) is 5.16 Å². The normalized spacial score (nSPS) is 22.8. The van der Waals surface area contributed by atoms with Gasteiger partial charge in [-0.2, -0.15) is 4.98 Å². The molecule has 1 unspecified atom stereocenters. The fraction of sp³-hybridized carbons (Fsp3) is 0.765. The lowest BCUT2D eigenvalue weighted by Gasteiger charge is -2.31. The minimum Gasteiger partial charge on any atom is -0.379 e. The molecular formula is C17H27N7O2. The van der Waals surface area contributed by atoms with Gasteiger partial charge in [-0.3, -0.25) is 9.80 Å². The Kier molecular flexibility index (Phi) is 5.28. The van der Waals surface area contributed by atoms with E-state index < -0.39 is 0 Å². The Morgan fingerprint density at radius 3 is 2.69 bits per heavy atom. The second-order valence-corrected chi connectivity index (χ2v) is 7.23. The van der Waals surface area contributed by atoms with Crippen LogP contribution in [0.25, 0.3) is 0 Å². The molecule has 0 spiro atoms. The summed E-state index contributed by atoms with van der Waals surface area (Å²) in [5.74, 6) is 3.89. The first-order valence-corrected chi connectivity index (χ1v) is 9.39. The average molecular weight is 361 g/mol. The van der Waals surface area contributed by atoms with Crippen LogP contribution in [-0.2, 0) is 24.9 Å². The zero-order valence-corrected chi connectivity index (χ0v) is 15.6. The molecular weight excluding hydrogens is 334 g/mol. The topological polar surface area (TPSA) is 85.3 Å². The van der Waals surface area contributed by atoms with Crippen LogP contribution in [0.4, 0.5) is 0 Å². The van der Waals surface area contributed by atoms with Gasteiger partial charge in [-0.25, -0.2) is 0 Å². The fourth-order valence-electron chi connectivity index (χ4n) is 3.83. The summed E-state index contributed by atoms with van der Waals surface area (Å²) >= 11 is 0. The summed E-state index contributed by atoms with van der Waals surface area (Å²) in [4.78, 5) is 9.07. The minimum absolute atomic E-state index is 0.392. The average Bonchev–Trinajstić information content (AvgIpc) is 3.22. The molecule has 0 saturated carbocycles. The largest absolute Gasteiger partial charge is 0.379 e. The Hall–Kier alpha value is -1.84. The molecule has 2 aliphatic rings. The van der Waals surface area contributed by atoms with Gasteiger partial charge in [0.1, 0.15) is 11.6 Å². The summed E-state index contributed by atoms with van der Waals surface area (Å²) < 4.78 is 12.9. The molecule has 2 aromatic rings. The maximum Gasteiger partial charge on any atom is 0.240 e. The number of rotatable bonds is 5. The van der Waals surface area contributed by atoms with Gasteiger partial charge in [0, 0.05) is 32.6 Å². The zero-order valence-electron chi connectivity index (χ0n) is 15.6. The van der Waals surface area contributed by atoms with E-state index in [1.165, 1.54) is 0 Å². The highest BCUT2D eigenvalue weighted by Gasteiger charge is 2.27. The zero-order chi connectivity index (χ0) is 17.9. The predicted octanol–water partition coefficient (Wildman–Crippen LogP) is 0.718. The fourth-order valence-corrected chi connectivity index (χ4v) is 3.83. The molecule has 4 rings (SSSR count). The van der Waals surface area contributed by atoms with E-state index in [-0.39, 0.29) is 0 Å². The Morgan fingerprint density at radius 2 is 1.92 bits per heavy atom. The molecule has 0 amide bonds. The van der Waals surface area contributed by atoms with Gasteiger partial charge < -0.3 is 13.8 Å². The smallest absolute Gasteiger partial charge is 0.240 e. The number of morpholine rings is 1. The van der Waals surface area contributed by atoms with Crippen LogP contribution in [0, 0.1) is 6.92 Å². The van der Waals surface area contributed by atoms with Crippen LogP contribution in [0.1, 0.15) is 42.1 Å². The van der Waals surface area contributed by atoms with E-state index in [0.29, 0.717) is 24.2 Å². The highest BCUT2D eigenvalue weighted by atomic mass is 16.5. The quantitative estimate of drug-likeness (QED) is 0.770. The van der Waals surface area contributed by atoms with Crippen LogP contribution < -0.4 is 0 Å². The molecule has 1 atom stereocenters. The van der Waals surface area contributed by atoms with Gasteiger partial charge >= 0.3 is 0 Å². The van der Waals surface area contributed by atoms with Crippen molar-refractivity contribution in [2.45, 2.75) is 38.8 Å². The van der Waals surface area contributed by atoms with Crippen molar-refractivity contribution in [2.24, 2.45) is 7.05 Å². The molecule has 9 nitrogen and oxygen atoms in total. The standard InChI is InChI=1S/C17H27N7O2/c1-13-18-16(26-21-13)12-24-5-3-4-14(10-24)17-20-19-15(22(17)2)11-23-6-8-25-9-7-23/h14H,3-12H2,1-2H3. The van der Waals surface area contributed by atoms with Crippen LogP contribution in [0.15, 0.2) is 4.52 Å². The van der Waals surface area contributed by atoms with Crippen LogP contribution in [-0.4, -0.2) is 74.1 Å². The molecule has 0 radical (unpaired) electrons. The number of nitrogens with zero attached hydrogens (tertiary/aromatic N) is 7. The molecule has 2 saturated heterocycles. The molecule has 2 aliphatic heterocycles. The summed E-state index contributed by atoms with van der Waals surface area (Å²) in [5.41, 5.74) is 0. The molecule has 4 heterocycles. The third-order valence-corrected chi connectivity index (χ3v) is 5.27. The van der Waals surface area contributed by atoms with Crippen molar-refractivity contribution in [1.82, 2.24) is 34.7 Å². The SMILES string of the molecule is Cc1noc(CN2CCCC(c3nnc(CN4CCOCC4)n3C)C2)n1. The van der Waals surface area contributed by atoms with Crippen molar-refractivity contribution < 1.29 is 9.26 Å². The molecule has 0 bridgehead atoms. The third-order valence-electron chi connectivity index (χ3n) is 5.27. The van der Waals surface area contributed by atoms with E-state index in [0.717, 1.165) is 70.4 Å². The van der Waals surface area contributed by atoms with Crippen LogP contribution in [0.5, 0.6) is 0 Å². The molecule has 2 fully saturated rings. The molecule has 0 aromatic carbocycles. The number of aromatic nitrogens is 5. The summed E-state index contributed by atoms with van der Waals surface area (Å²) in [5, 5.41) is 12.9. The van der Waals surface area contributed by atoms with E-state index in [1.807, 2.05) is 6.92 Å². The van der Waals surface area contributed by atoms with Crippen molar-refractivity contribution in [3.05, 3.63) is 23.4 Å². The van der Waals surface area contributed by atoms with E-state index in [4.69, 9.17) is 9.26 Å². The van der Waals surface area contributed by atoms with E-state index in [2.05, 4.69) is 41.8 Å². The summed E-state index contributed by atoms with van der Waals surface area (Å²) in [6.07, 6.45) is 2.28. The maximum atomic E-state index is 5.42. The lowest BCUT2D eigenvalue weighted by molar-refractivity contribution is 0.0326. The van der Waals surface area contributed by atoms with Gasteiger partial charge in [0.15, 0.2) is 5.82 Å². The Balaban J connectivity index is 1.40.